The molecule has 1 heterocycles. The van der Waals surface area contributed by atoms with Crippen molar-refractivity contribution in [2.24, 2.45) is 11.8 Å². The van der Waals surface area contributed by atoms with Gasteiger partial charge < -0.3 is 9.15 Å². The standard InChI is InChI=1S/C14H13BrN2O3/c1-8-6-10(8)14(18)19-7-12-16-17-13(20-12)9-4-2-3-5-11(9)15/h2-5,8,10H,6-7H2,1H3/t8-,10+/m0/s1. The van der Waals surface area contributed by atoms with Crippen LogP contribution in [0.25, 0.3) is 11.5 Å². The molecule has 0 aliphatic heterocycles. The minimum absolute atomic E-state index is 0.0273. The third kappa shape index (κ3) is 2.75. The second-order valence-corrected chi connectivity index (χ2v) is 5.76. The van der Waals surface area contributed by atoms with E-state index in [1.807, 2.05) is 31.2 Å². The van der Waals surface area contributed by atoms with Gasteiger partial charge in [0.25, 0.3) is 5.89 Å². The summed E-state index contributed by atoms with van der Waals surface area (Å²) in [5, 5.41) is 7.85. The van der Waals surface area contributed by atoms with Gasteiger partial charge in [-0.3, -0.25) is 4.79 Å². The summed E-state index contributed by atoms with van der Waals surface area (Å²) in [5.41, 5.74) is 0.813. The molecular formula is C14H13BrN2O3. The zero-order valence-electron chi connectivity index (χ0n) is 10.9. The molecule has 20 heavy (non-hydrogen) atoms. The van der Waals surface area contributed by atoms with E-state index in [1.54, 1.807) is 0 Å². The molecule has 1 aliphatic rings. The highest BCUT2D eigenvalue weighted by Crippen LogP contribution is 2.38. The van der Waals surface area contributed by atoms with E-state index in [2.05, 4.69) is 26.1 Å². The molecule has 1 fully saturated rings. The average molecular weight is 337 g/mol. The number of ether oxygens (including phenoxy) is 1. The molecule has 6 heteroatoms. The molecule has 0 amide bonds. The fourth-order valence-electron chi connectivity index (χ4n) is 1.95. The summed E-state index contributed by atoms with van der Waals surface area (Å²) in [6.07, 6.45) is 0.908. The van der Waals surface area contributed by atoms with Crippen LogP contribution in [0.5, 0.6) is 0 Å². The molecule has 1 aromatic carbocycles. The highest BCUT2D eigenvalue weighted by Gasteiger charge is 2.40. The van der Waals surface area contributed by atoms with Gasteiger partial charge in [-0.15, -0.1) is 10.2 Å². The fraction of sp³-hybridized carbons (Fsp3) is 0.357. The summed E-state index contributed by atoms with van der Waals surface area (Å²) in [6, 6.07) is 7.56. The Morgan fingerprint density at radius 1 is 1.45 bits per heavy atom. The highest BCUT2D eigenvalue weighted by molar-refractivity contribution is 9.10. The minimum Gasteiger partial charge on any atom is -0.455 e. The molecule has 0 bridgehead atoms. The van der Waals surface area contributed by atoms with Crippen LogP contribution in [0, 0.1) is 11.8 Å². The predicted octanol–water partition coefficient (Wildman–Crippen LogP) is 3.20. The van der Waals surface area contributed by atoms with E-state index < -0.39 is 0 Å². The molecule has 1 aliphatic carbocycles. The van der Waals surface area contributed by atoms with Crippen molar-refractivity contribution in [3.05, 3.63) is 34.6 Å². The monoisotopic (exact) mass is 336 g/mol. The lowest BCUT2D eigenvalue weighted by Crippen LogP contribution is -2.07. The van der Waals surface area contributed by atoms with E-state index in [1.165, 1.54) is 0 Å². The van der Waals surface area contributed by atoms with Crippen LogP contribution in [-0.4, -0.2) is 16.2 Å². The normalized spacial score (nSPS) is 20.7. The number of aromatic nitrogens is 2. The molecule has 0 radical (unpaired) electrons. The second kappa shape index (κ2) is 5.36. The maximum Gasteiger partial charge on any atom is 0.309 e. The Kier molecular flexibility index (Phi) is 3.56. The van der Waals surface area contributed by atoms with Gasteiger partial charge in [0, 0.05) is 4.47 Å². The van der Waals surface area contributed by atoms with Crippen LogP contribution in [-0.2, 0) is 16.1 Å². The Morgan fingerprint density at radius 2 is 2.20 bits per heavy atom. The zero-order valence-corrected chi connectivity index (χ0v) is 12.5. The van der Waals surface area contributed by atoms with Crippen molar-refractivity contribution in [2.45, 2.75) is 20.0 Å². The molecule has 1 aromatic heterocycles. The number of esters is 1. The number of halogens is 1. The van der Waals surface area contributed by atoms with E-state index >= 15 is 0 Å². The van der Waals surface area contributed by atoms with Gasteiger partial charge in [0.2, 0.25) is 5.89 Å². The van der Waals surface area contributed by atoms with Crippen molar-refractivity contribution >= 4 is 21.9 Å². The molecule has 2 aromatic rings. The van der Waals surface area contributed by atoms with E-state index in [0.29, 0.717) is 17.7 Å². The van der Waals surface area contributed by atoms with Crippen LogP contribution in [0.1, 0.15) is 19.2 Å². The maximum atomic E-state index is 11.6. The van der Waals surface area contributed by atoms with Crippen LogP contribution >= 0.6 is 15.9 Å². The van der Waals surface area contributed by atoms with Gasteiger partial charge in [0.15, 0.2) is 6.61 Å². The van der Waals surface area contributed by atoms with Gasteiger partial charge >= 0.3 is 5.97 Å². The number of carbonyl (C=O) groups excluding carboxylic acids is 1. The van der Waals surface area contributed by atoms with Crippen LogP contribution in [0.4, 0.5) is 0 Å². The summed E-state index contributed by atoms with van der Waals surface area (Å²) in [5.74, 6) is 1.00. The van der Waals surface area contributed by atoms with Gasteiger partial charge in [-0.1, -0.05) is 19.1 Å². The Bertz CT molecular complexity index is 641. The van der Waals surface area contributed by atoms with Crippen LogP contribution in [0.2, 0.25) is 0 Å². The number of nitrogens with zero attached hydrogens (tertiary/aromatic N) is 2. The summed E-state index contributed by atoms with van der Waals surface area (Å²) >= 11 is 3.43. The first-order valence-electron chi connectivity index (χ1n) is 6.39. The quantitative estimate of drug-likeness (QED) is 0.802. The van der Waals surface area contributed by atoms with Crippen molar-refractivity contribution < 1.29 is 13.9 Å². The fourth-order valence-corrected chi connectivity index (χ4v) is 2.40. The molecule has 0 spiro atoms. The van der Waals surface area contributed by atoms with Crippen molar-refractivity contribution in [1.82, 2.24) is 10.2 Å². The molecular weight excluding hydrogens is 324 g/mol. The largest absolute Gasteiger partial charge is 0.455 e. The van der Waals surface area contributed by atoms with Crippen molar-refractivity contribution in [3.63, 3.8) is 0 Å². The minimum atomic E-state index is -0.182. The molecule has 104 valence electrons. The first-order chi connectivity index (χ1) is 9.65. The summed E-state index contributed by atoms with van der Waals surface area (Å²) < 4.78 is 11.5. The lowest BCUT2D eigenvalue weighted by atomic mass is 10.2. The van der Waals surface area contributed by atoms with E-state index in [0.717, 1.165) is 16.5 Å². The van der Waals surface area contributed by atoms with Crippen LogP contribution in [0.15, 0.2) is 33.2 Å². The van der Waals surface area contributed by atoms with Crippen molar-refractivity contribution in [3.8, 4) is 11.5 Å². The molecule has 0 saturated heterocycles. The first kappa shape index (κ1) is 13.3. The van der Waals surface area contributed by atoms with Crippen LogP contribution < -0.4 is 0 Å². The van der Waals surface area contributed by atoms with Crippen LogP contribution in [0.3, 0.4) is 0 Å². The summed E-state index contributed by atoms with van der Waals surface area (Å²) in [6.45, 7) is 2.06. The lowest BCUT2D eigenvalue weighted by molar-refractivity contribution is -0.147. The van der Waals surface area contributed by atoms with E-state index in [4.69, 9.17) is 9.15 Å². The SMILES string of the molecule is C[C@H]1C[C@H]1C(=O)OCc1nnc(-c2ccccc2Br)o1. The Balaban J connectivity index is 1.65. The predicted molar refractivity (Wildman–Crippen MR) is 74.5 cm³/mol. The van der Waals surface area contributed by atoms with Crippen molar-refractivity contribution in [1.29, 1.82) is 0 Å². The Hall–Kier alpha value is -1.69. The number of hydrogen-bond acceptors (Lipinski definition) is 5. The molecule has 2 atom stereocenters. The maximum absolute atomic E-state index is 11.6. The summed E-state index contributed by atoms with van der Waals surface area (Å²) in [4.78, 5) is 11.6. The molecule has 3 rings (SSSR count). The van der Waals surface area contributed by atoms with Gasteiger partial charge in [-0.25, -0.2) is 0 Å². The highest BCUT2D eigenvalue weighted by atomic mass is 79.9. The first-order valence-corrected chi connectivity index (χ1v) is 7.18. The lowest BCUT2D eigenvalue weighted by Gasteiger charge is -2.00. The van der Waals surface area contributed by atoms with E-state index in [-0.39, 0.29) is 18.5 Å². The zero-order chi connectivity index (χ0) is 14.1. The number of hydrogen-bond donors (Lipinski definition) is 0. The smallest absolute Gasteiger partial charge is 0.309 e. The molecule has 0 unspecified atom stereocenters. The molecule has 5 nitrogen and oxygen atoms in total. The average Bonchev–Trinajstić information content (AvgIpc) is 3.00. The van der Waals surface area contributed by atoms with Gasteiger partial charge in [0.05, 0.1) is 11.5 Å². The topological polar surface area (TPSA) is 65.2 Å². The number of carbonyl (C=O) groups is 1. The van der Waals surface area contributed by atoms with E-state index in [9.17, 15) is 4.79 Å². The number of rotatable bonds is 4. The third-order valence-corrected chi connectivity index (χ3v) is 4.01. The number of benzene rings is 1. The summed E-state index contributed by atoms with van der Waals surface area (Å²) in [7, 11) is 0. The molecule has 0 N–H and O–H groups in total. The van der Waals surface area contributed by atoms with Crippen molar-refractivity contribution in [2.75, 3.05) is 0 Å². The van der Waals surface area contributed by atoms with Gasteiger partial charge in [-0.05, 0) is 40.4 Å². The van der Waals surface area contributed by atoms with Gasteiger partial charge in [0.1, 0.15) is 0 Å². The molecule has 1 saturated carbocycles. The van der Waals surface area contributed by atoms with Gasteiger partial charge in [-0.2, -0.15) is 0 Å². The second-order valence-electron chi connectivity index (χ2n) is 4.91. The Labute approximate surface area is 124 Å². The Morgan fingerprint density at radius 3 is 2.90 bits per heavy atom. The third-order valence-electron chi connectivity index (χ3n) is 3.32.